The van der Waals surface area contributed by atoms with E-state index in [-0.39, 0.29) is 95.3 Å². The molecule has 1 aromatic carbocycles. The number of aliphatic hydroxyl groups is 4. The molecule has 0 saturated carbocycles. The first-order chi connectivity index (χ1) is 41.8. The van der Waals surface area contributed by atoms with Gasteiger partial charge < -0.3 is 105 Å². The topological polar surface area (TPSA) is 529 Å². The van der Waals surface area contributed by atoms with E-state index in [0.717, 1.165) is 0 Å². The van der Waals surface area contributed by atoms with Crippen LogP contribution in [0.15, 0.2) is 35.3 Å². The van der Waals surface area contributed by atoms with Crippen molar-refractivity contribution in [3.63, 3.8) is 0 Å². The molecule has 3 unspecified atom stereocenters. The number of nitrogens with zero attached hydrogens (tertiary/aromatic N) is 1. The molecule has 33 heteroatoms. The SMILES string of the molecule is CCC(C)C(=O)NCCCCCC(=O)N[C@@H](Cc1ccccc1)C(=O)N[C@@H](CCCCNC(=O)CCCO[C@@H]1OC(CO)[C@@H](O)[C@H](O)C1NC(C)=O)C(=O)NCC(=O)N[C@@H](CCCN=C(N)N)C(=O)NCC(=O)N[C@@H](CC(=O)O)C(=O)N[C@@H](CO)C(=O)O. The molecule has 1 aromatic rings. The number of hydrogen-bond acceptors (Lipinski definition) is 19. The summed E-state index contributed by atoms with van der Waals surface area (Å²) in [5, 5.41) is 82.7. The lowest BCUT2D eigenvalue weighted by molar-refractivity contribution is -0.270. The third-order valence-electron chi connectivity index (χ3n) is 13.6. The van der Waals surface area contributed by atoms with Crippen LogP contribution in [-0.2, 0) is 73.4 Å². The average Bonchev–Trinajstić information content (AvgIpc) is 2.72. The number of hydrogen-bond donors (Lipinski definition) is 18. The lowest BCUT2D eigenvalue weighted by Gasteiger charge is -2.42. The van der Waals surface area contributed by atoms with Gasteiger partial charge in [-0.2, -0.15) is 0 Å². The average molecular weight is 1250 g/mol. The van der Waals surface area contributed by atoms with Crippen molar-refractivity contribution in [2.24, 2.45) is 22.4 Å². The third-order valence-corrected chi connectivity index (χ3v) is 13.6. The normalized spacial score (nSPS) is 18.1. The number of aliphatic imine (C=N–C) groups is 1. The van der Waals surface area contributed by atoms with E-state index in [0.29, 0.717) is 37.8 Å². The number of carboxylic acids is 2. The van der Waals surface area contributed by atoms with Crippen molar-refractivity contribution in [3.05, 3.63) is 35.9 Å². The number of amides is 10. The van der Waals surface area contributed by atoms with Gasteiger partial charge in [0.05, 0.1) is 39.3 Å². The smallest absolute Gasteiger partial charge is 0.328 e. The maximum atomic E-state index is 14.2. The number of rotatable bonds is 43. The number of unbranched alkanes of at least 4 members (excludes halogenated alkanes) is 3. The molecule has 0 aliphatic carbocycles. The Kier molecular flexibility index (Phi) is 36.2. The summed E-state index contributed by atoms with van der Waals surface area (Å²) < 4.78 is 11.2. The molecule has 1 heterocycles. The van der Waals surface area contributed by atoms with Crippen LogP contribution in [0.3, 0.4) is 0 Å². The summed E-state index contributed by atoms with van der Waals surface area (Å²) in [6.45, 7) is 1.96. The highest BCUT2D eigenvalue weighted by atomic mass is 16.7. The van der Waals surface area contributed by atoms with Crippen LogP contribution in [0, 0.1) is 5.92 Å². The minimum Gasteiger partial charge on any atom is -0.481 e. The highest BCUT2D eigenvalue weighted by molar-refractivity contribution is 5.96. The second kappa shape index (κ2) is 41.9. The van der Waals surface area contributed by atoms with Crippen LogP contribution >= 0.6 is 0 Å². The van der Waals surface area contributed by atoms with Crippen LogP contribution in [0.1, 0.15) is 110 Å². The Morgan fingerprint density at radius 1 is 0.625 bits per heavy atom. The second-order valence-corrected chi connectivity index (χ2v) is 20.8. The van der Waals surface area contributed by atoms with Crippen LogP contribution < -0.4 is 64.6 Å². The Bertz CT molecular complexity index is 2470. The summed E-state index contributed by atoms with van der Waals surface area (Å²) >= 11 is 0. The summed E-state index contributed by atoms with van der Waals surface area (Å²) in [6.07, 6.45) is -3.71. The van der Waals surface area contributed by atoms with E-state index in [2.05, 4.69) is 52.8 Å². The molecule has 1 aliphatic heterocycles. The number of carboxylic acid groups (broad SMARTS) is 2. The van der Waals surface area contributed by atoms with Crippen LogP contribution in [0.25, 0.3) is 0 Å². The van der Waals surface area contributed by atoms with E-state index >= 15 is 0 Å². The van der Waals surface area contributed by atoms with Crippen molar-refractivity contribution in [2.75, 3.05) is 52.5 Å². The summed E-state index contributed by atoms with van der Waals surface area (Å²) in [7, 11) is 0. The van der Waals surface area contributed by atoms with Crippen molar-refractivity contribution in [1.82, 2.24) is 53.2 Å². The molecule has 0 bridgehead atoms. The number of carbonyl (C=O) groups excluding carboxylic acids is 10. The number of nitrogens with one attached hydrogen (secondary N) is 10. The molecule has 1 aliphatic rings. The van der Waals surface area contributed by atoms with Crippen LogP contribution in [-0.4, -0.2) is 221 Å². The van der Waals surface area contributed by atoms with Crippen molar-refractivity contribution in [3.8, 4) is 0 Å². The Labute approximate surface area is 508 Å². The Morgan fingerprint density at radius 2 is 1.19 bits per heavy atom. The number of nitrogens with two attached hydrogens (primary N) is 2. The minimum absolute atomic E-state index is 0.0100. The van der Waals surface area contributed by atoms with E-state index in [4.69, 9.17) is 20.9 Å². The van der Waals surface area contributed by atoms with Gasteiger partial charge in [0.2, 0.25) is 59.1 Å². The molecule has 10 amide bonds. The predicted molar refractivity (Wildman–Crippen MR) is 311 cm³/mol. The summed E-state index contributed by atoms with van der Waals surface area (Å²) in [5.74, 6) is -11.0. The third kappa shape index (κ3) is 30.5. The molecule has 20 N–H and O–H groups in total. The second-order valence-electron chi connectivity index (χ2n) is 20.8. The van der Waals surface area contributed by atoms with Crippen molar-refractivity contribution < 1.29 is 97.6 Å². The monoisotopic (exact) mass is 1250 g/mol. The lowest BCUT2D eigenvalue weighted by atomic mass is 9.97. The van der Waals surface area contributed by atoms with Gasteiger partial charge in [0.1, 0.15) is 54.6 Å². The molecule has 0 spiro atoms. The highest BCUT2D eigenvalue weighted by Gasteiger charge is 2.45. The van der Waals surface area contributed by atoms with Gasteiger partial charge in [-0.25, -0.2) is 4.79 Å². The molecule has 0 aromatic heterocycles. The molecule has 2 rings (SSSR count). The predicted octanol–water partition coefficient (Wildman–Crippen LogP) is -5.76. The maximum Gasteiger partial charge on any atom is 0.328 e. The summed E-state index contributed by atoms with van der Waals surface area (Å²) in [5.41, 5.74) is 11.5. The summed E-state index contributed by atoms with van der Waals surface area (Å²) in [6, 6.07) is -0.120. The standard InChI is InChI=1S/C55H89N13O20/c1-4-31(2)48(80)59-22-11-6-9-19-41(73)65-36(25-33-15-7-5-8-16-33)51(83)67-35(17-10-12-21-58-40(72)20-14-24-87-54-45(63-32(3)71)47(79)46(78)39(30-70)88-54)50(82)62-27-42(74)64-34(18-13-23-60-55(56)57)49(81)61-28-43(75)66-37(26-44(76)77)52(84)68-38(29-69)53(85)86/h5,7-8,15-16,31,34-39,45-47,54,69-70,78-79H,4,6,9-14,17-30H2,1-3H3,(H,58,72)(H,59,80)(H,61,81)(H,62,82)(H,63,71)(H,64,74)(H,65,73)(H,66,75)(H,67,83)(H,68,84)(H,76,77)(H,85,86)(H4,56,57,60)/t31?,34-,35-,36-,37-,38-,39?,45?,46+,47+,54+/m0/s1. The van der Waals surface area contributed by atoms with Gasteiger partial charge in [0, 0.05) is 51.7 Å². The minimum atomic E-state index is -1.85. The van der Waals surface area contributed by atoms with Gasteiger partial charge in [0.25, 0.3) is 0 Å². The summed E-state index contributed by atoms with van der Waals surface area (Å²) in [4.78, 5) is 157. The number of aliphatic hydroxyl groups excluding tert-OH is 4. The molecule has 88 heavy (non-hydrogen) atoms. The first-order valence-corrected chi connectivity index (χ1v) is 29.0. The van der Waals surface area contributed by atoms with Gasteiger partial charge in [-0.15, -0.1) is 0 Å². The lowest BCUT2D eigenvalue weighted by Crippen LogP contribution is -2.64. The van der Waals surface area contributed by atoms with Gasteiger partial charge in [-0.1, -0.05) is 50.6 Å². The fourth-order valence-electron chi connectivity index (χ4n) is 8.55. The quantitative estimate of drug-likeness (QED) is 0.0165. The first-order valence-electron chi connectivity index (χ1n) is 29.0. The van der Waals surface area contributed by atoms with Crippen LogP contribution in [0.2, 0.25) is 0 Å². The number of aliphatic carboxylic acids is 2. The zero-order valence-corrected chi connectivity index (χ0v) is 49.8. The molecular weight excluding hydrogens is 1160 g/mol. The van der Waals surface area contributed by atoms with E-state index in [1.54, 1.807) is 30.3 Å². The largest absolute Gasteiger partial charge is 0.481 e. The number of guanidine groups is 1. The fourth-order valence-corrected chi connectivity index (χ4v) is 8.55. The zero-order chi connectivity index (χ0) is 65.7. The Morgan fingerprint density at radius 3 is 1.78 bits per heavy atom. The molecule has 33 nitrogen and oxygen atoms in total. The van der Waals surface area contributed by atoms with E-state index < -0.39 is 159 Å². The Balaban J connectivity index is 2.24. The number of ether oxygens (including phenoxy) is 2. The van der Waals surface area contributed by atoms with Gasteiger partial charge in [-0.3, -0.25) is 57.7 Å². The van der Waals surface area contributed by atoms with Crippen LogP contribution in [0.4, 0.5) is 0 Å². The van der Waals surface area contributed by atoms with E-state index in [1.807, 2.05) is 19.2 Å². The molecule has 1 fully saturated rings. The fraction of sp³-hybridized carbons (Fsp3) is 0.655. The zero-order valence-electron chi connectivity index (χ0n) is 49.8. The molecule has 0 radical (unpaired) electrons. The molecular formula is C55H89N13O20. The number of carbonyl (C=O) groups is 12. The molecule has 494 valence electrons. The van der Waals surface area contributed by atoms with Crippen molar-refractivity contribution in [1.29, 1.82) is 0 Å². The van der Waals surface area contributed by atoms with Crippen LogP contribution in [0.5, 0.6) is 0 Å². The van der Waals surface area contributed by atoms with E-state index in [9.17, 15) is 88.2 Å². The molecule has 1 saturated heterocycles. The van der Waals surface area contributed by atoms with Crippen molar-refractivity contribution >= 4 is 77.0 Å². The van der Waals surface area contributed by atoms with Gasteiger partial charge in [0.15, 0.2) is 12.2 Å². The van der Waals surface area contributed by atoms with Gasteiger partial charge >= 0.3 is 11.9 Å². The van der Waals surface area contributed by atoms with E-state index in [1.165, 1.54) is 6.92 Å². The van der Waals surface area contributed by atoms with Crippen molar-refractivity contribution in [2.45, 2.75) is 172 Å². The maximum absolute atomic E-state index is 14.2. The highest BCUT2D eigenvalue weighted by Crippen LogP contribution is 2.22. The Hall–Kier alpha value is -8.11. The number of benzene rings is 1. The van der Waals surface area contributed by atoms with Gasteiger partial charge in [-0.05, 0) is 63.4 Å². The molecule has 11 atom stereocenters. The first kappa shape index (κ1) is 76.0.